The van der Waals surface area contributed by atoms with Gasteiger partial charge in [-0.2, -0.15) is 5.10 Å². The molecule has 0 saturated carbocycles. The van der Waals surface area contributed by atoms with Crippen LogP contribution >= 0.6 is 38.9 Å². The molecule has 212 valence electrons. The van der Waals surface area contributed by atoms with E-state index in [0.717, 1.165) is 33.2 Å². The average molecular weight is 662 g/mol. The lowest BCUT2D eigenvalue weighted by Crippen LogP contribution is -2.17. The van der Waals surface area contributed by atoms with Crippen LogP contribution in [0.5, 0.6) is 11.5 Å². The molecule has 42 heavy (non-hydrogen) atoms. The highest BCUT2D eigenvalue weighted by molar-refractivity contribution is 9.10. The van der Waals surface area contributed by atoms with Crippen molar-refractivity contribution in [3.8, 4) is 22.8 Å². The summed E-state index contributed by atoms with van der Waals surface area (Å²) in [5.74, 6) is 0.802. The Labute approximate surface area is 261 Å². The van der Waals surface area contributed by atoms with Crippen molar-refractivity contribution in [3.05, 3.63) is 123 Å². The zero-order valence-corrected chi connectivity index (χ0v) is 25.7. The molecule has 5 aromatic rings. The zero-order valence-electron chi connectivity index (χ0n) is 22.5. The van der Waals surface area contributed by atoms with E-state index >= 15 is 0 Å². The predicted octanol–water partition coefficient (Wildman–Crippen LogP) is 8.71. The Morgan fingerprint density at radius 2 is 1.83 bits per heavy atom. The standard InChI is InChI=1S/C32H26BrClN4O3S/c1-2-40-29-17-22(16-27(33)30(29)41-19-21-7-6-8-25(34)15-21)18-35-38-31(39)24-13-11-23(12-14-24)28-20-42-32(37-28)36-26-9-4-3-5-10-26/h3-18,20H,2,19H2,1H3,(H,36,37)(H,38,39)/b35-18-. The summed E-state index contributed by atoms with van der Waals surface area (Å²) in [6, 6.07) is 28.3. The molecule has 0 aliphatic carbocycles. The van der Waals surface area contributed by atoms with Crippen LogP contribution in [-0.4, -0.2) is 23.7 Å². The van der Waals surface area contributed by atoms with Crippen molar-refractivity contribution in [2.75, 3.05) is 11.9 Å². The number of ether oxygens (including phenoxy) is 2. The monoisotopic (exact) mass is 660 g/mol. The summed E-state index contributed by atoms with van der Waals surface area (Å²) in [4.78, 5) is 17.4. The number of nitrogens with one attached hydrogen (secondary N) is 2. The molecule has 7 nitrogen and oxygen atoms in total. The molecule has 1 aromatic heterocycles. The number of hydrogen-bond donors (Lipinski definition) is 2. The highest BCUT2D eigenvalue weighted by Crippen LogP contribution is 2.37. The minimum Gasteiger partial charge on any atom is -0.490 e. The quantitative estimate of drug-likeness (QED) is 0.109. The molecule has 0 fully saturated rings. The molecule has 0 aliphatic heterocycles. The summed E-state index contributed by atoms with van der Waals surface area (Å²) < 4.78 is 12.5. The van der Waals surface area contributed by atoms with E-state index in [1.165, 1.54) is 11.3 Å². The van der Waals surface area contributed by atoms with E-state index in [1.807, 2.05) is 85.1 Å². The summed E-state index contributed by atoms with van der Waals surface area (Å²) in [5, 5.41) is 10.9. The number of thiazole rings is 1. The lowest BCUT2D eigenvalue weighted by atomic mass is 10.1. The second-order valence-corrected chi connectivity index (χ2v) is 11.1. The molecule has 0 saturated heterocycles. The third-order valence-electron chi connectivity index (χ3n) is 5.96. The van der Waals surface area contributed by atoms with Gasteiger partial charge in [0.1, 0.15) is 6.61 Å². The van der Waals surface area contributed by atoms with E-state index in [0.29, 0.717) is 39.8 Å². The summed E-state index contributed by atoms with van der Waals surface area (Å²) >= 11 is 11.2. The minimum atomic E-state index is -0.326. The maximum Gasteiger partial charge on any atom is 0.271 e. The third kappa shape index (κ3) is 7.76. The maximum absolute atomic E-state index is 12.7. The first-order valence-electron chi connectivity index (χ1n) is 13.0. The van der Waals surface area contributed by atoms with Crippen LogP contribution in [0.1, 0.15) is 28.4 Å². The summed E-state index contributed by atoms with van der Waals surface area (Å²) in [6.07, 6.45) is 1.55. The number of hydrogen-bond acceptors (Lipinski definition) is 7. The fourth-order valence-electron chi connectivity index (χ4n) is 3.98. The van der Waals surface area contributed by atoms with Crippen molar-refractivity contribution >= 4 is 61.8 Å². The van der Waals surface area contributed by atoms with E-state index < -0.39 is 0 Å². The summed E-state index contributed by atoms with van der Waals surface area (Å²) in [5.41, 5.74) is 7.45. The highest BCUT2D eigenvalue weighted by atomic mass is 79.9. The van der Waals surface area contributed by atoms with Crippen LogP contribution in [0.15, 0.2) is 106 Å². The second-order valence-electron chi connectivity index (χ2n) is 8.99. The molecular weight excluding hydrogens is 636 g/mol. The first-order chi connectivity index (χ1) is 20.5. The number of carbonyl (C=O) groups is 1. The maximum atomic E-state index is 12.7. The lowest BCUT2D eigenvalue weighted by Gasteiger charge is -2.15. The van der Waals surface area contributed by atoms with Crippen LogP contribution in [0.2, 0.25) is 5.02 Å². The van der Waals surface area contributed by atoms with Gasteiger partial charge in [0.05, 0.1) is 23.0 Å². The number of anilines is 2. The van der Waals surface area contributed by atoms with Crippen LogP contribution in [0.25, 0.3) is 11.3 Å². The van der Waals surface area contributed by atoms with Crippen LogP contribution in [-0.2, 0) is 6.61 Å². The Hall–Kier alpha value is -4.18. The van der Waals surface area contributed by atoms with E-state index in [1.54, 1.807) is 24.4 Å². The Morgan fingerprint density at radius 1 is 1.02 bits per heavy atom. The SMILES string of the molecule is CCOc1cc(/C=N\NC(=O)c2ccc(-c3csc(Nc4ccccc4)n3)cc2)cc(Br)c1OCc1cccc(Cl)c1. The smallest absolute Gasteiger partial charge is 0.271 e. The third-order valence-corrected chi connectivity index (χ3v) is 7.54. The minimum absolute atomic E-state index is 0.326. The lowest BCUT2D eigenvalue weighted by molar-refractivity contribution is 0.0955. The molecule has 0 bridgehead atoms. The Kier molecular flexibility index (Phi) is 9.86. The van der Waals surface area contributed by atoms with Gasteiger partial charge < -0.3 is 14.8 Å². The van der Waals surface area contributed by atoms with Gasteiger partial charge in [0.25, 0.3) is 5.91 Å². The number of benzene rings is 4. The number of para-hydroxylation sites is 1. The van der Waals surface area contributed by atoms with Gasteiger partial charge in [-0.15, -0.1) is 11.3 Å². The molecule has 0 atom stereocenters. The van der Waals surface area contributed by atoms with Gasteiger partial charge in [-0.1, -0.05) is 54.1 Å². The van der Waals surface area contributed by atoms with Crippen molar-refractivity contribution in [1.82, 2.24) is 10.4 Å². The Bertz CT molecular complexity index is 1690. The fourth-order valence-corrected chi connectivity index (χ4v) is 5.51. The van der Waals surface area contributed by atoms with E-state index in [4.69, 9.17) is 21.1 Å². The van der Waals surface area contributed by atoms with Crippen molar-refractivity contribution in [1.29, 1.82) is 0 Å². The van der Waals surface area contributed by atoms with Gasteiger partial charge in [-0.25, -0.2) is 10.4 Å². The number of nitrogens with zero attached hydrogens (tertiary/aromatic N) is 2. The topological polar surface area (TPSA) is 84.8 Å². The largest absolute Gasteiger partial charge is 0.490 e. The normalized spacial score (nSPS) is 10.9. The second kappa shape index (κ2) is 14.1. The first kappa shape index (κ1) is 29.3. The molecule has 0 spiro atoms. The molecule has 2 N–H and O–H groups in total. The van der Waals surface area contributed by atoms with E-state index in [2.05, 4.69) is 36.8 Å². The predicted molar refractivity (Wildman–Crippen MR) is 173 cm³/mol. The molecule has 0 unspecified atom stereocenters. The van der Waals surface area contributed by atoms with Gasteiger partial charge in [-0.3, -0.25) is 4.79 Å². The van der Waals surface area contributed by atoms with Crippen LogP contribution < -0.4 is 20.2 Å². The van der Waals surface area contributed by atoms with E-state index in [-0.39, 0.29) is 5.91 Å². The molecule has 5 rings (SSSR count). The first-order valence-corrected chi connectivity index (χ1v) is 15.1. The molecule has 4 aromatic carbocycles. The molecule has 10 heteroatoms. The van der Waals surface area contributed by atoms with Crippen LogP contribution in [0.3, 0.4) is 0 Å². The molecule has 0 radical (unpaired) electrons. The summed E-state index contributed by atoms with van der Waals surface area (Å²) in [6.45, 7) is 2.69. The van der Waals surface area contributed by atoms with Crippen molar-refractivity contribution in [3.63, 3.8) is 0 Å². The number of halogens is 2. The van der Waals surface area contributed by atoms with E-state index in [9.17, 15) is 4.79 Å². The number of carbonyl (C=O) groups excluding carboxylic acids is 1. The average Bonchev–Trinajstić information content (AvgIpc) is 3.46. The summed E-state index contributed by atoms with van der Waals surface area (Å²) in [7, 11) is 0. The van der Waals surface area contributed by atoms with Gasteiger partial charge in [0, 0.05) is 27.2 Å². The van der Waals surface area contributed by atoms with Crippen LogP contribution in [0, 0.1) is 0 Å². The van der Waals surface area contributed by atoms with Crippen molar-refractivity contribution in [2.24, 2.45) is 5.10 Å². The molecular formula is C32H26BrClN4O3S. The molecule has 1 heterocycles. The number of rotatable bonds is 11. The van der Waals surface area contributed by atoms with Gasteiger partial charge in [0.15, 0.2) is 16.6 Å². The number of hydrazone groups is 1. The number of aromatic nitrogens is 1. The Morgan fingerprint density at radius 3 is 2.60 bits per heavy atom. The van der Waals surface area contributed by atoms with Crippen molar-refractivity contribution < 1.29 is 14.3 Å². The molecule has 1 amide bonds. The zero-order chi connectivity index (χ0) is 29.3. The van der Waals surface area contributed by atoms with Gasteiger partial charge in [0.2, 0.25) is 0 Å². The Balaban J connectivity index is 1.20. The molecule has 0 aliphatic rings. The number of amides is 1. The van der Waals surface area contributed by atoms with Crippen molar-refractivity contribution in [2.45, 2.75) is 13.5 Å². The highest BCUT2D eigenvalue weighted by Gasteiger charge is 2.13. The van der Waals surface area contributed by atoms with Gasteiger partial charge >= 0.3 is 0 Å². The van der Waals surface area contributed by atoms with Gasteiger partial charge in [-0.05, 0) is 82.5 Å². The fraction of sp³-hybridized carbons (Fsp3) is 0.0938. The van der Waals surface area contributed by atoms with Crippen LogP contribution in [0.4, 0.5) is 10.8 Å².